The molecule has 1 aromatic heterocycles. The summed E-state index contributed by atoms with van der Waals surface area (Å²) in [6.45, 7) is 2.54. The number of ether oxygens (including phenoxy) is 1. The molecule has 4 heteroatoms. The topological polar surface area (TPSA) is 47.3 Å². The van der Waals surface area contributed by atoms with Gasteiger partial charge >= 0.3 is 0 Å². The SMILES string of the molecule is CCOc1cccc(C(O)c2nn(C)c3ccccc23)c1. The summed E-state index contributed by atoms with van der Waals surface area (Å²) in [6.07, 6.45) is -0.767. The molecule has 1 heterocycles. The number of para-hydroxylation sites is 1. The first kappa shape index (κ1) is 13.6. The fourth-order valence-electron chi connectivity index (χ4n) is 2.54. The molecule has 0 aliphatic heterocycles. The fraction of sp³-hybridized carbons (Fsp3) is 0.235. The lowest BCUT2D eigenvalue weighted by atomic mass is 10.0. The monoisotopic (exact) mass is 282 g/mol. The van der Waals surface area contributed by atoms with E-state index in [1.807, 2.05) is 62.5 Å². The molecule has 21 heavy (non-hydrogen) atoms. The van der Waals surface area contributed by atoms with Gasteiger partial charge < -0.3 is 9.84 Å². The summed E-state index contributed by atoms with van der Waals surface area (Å²) < 4.78 is 7.28. The van der Waals surface area contributed by atoms with E-state index in [-0.39, 0.29) is 0 Å². The van der Waals surface area contributed by atoms with Crippen molar-refractivity contribution in [3.8, 4) is 5.75 Å². The van der Waals surface area contributed by atoms with E-state index in [0.29, 0.717) is 12.3 Å². The number of fused-ring (bicyclic) bond motifs is 1. The summed E-state index contributed by atoms with van der Waals surface area (Å²) in [5.74, 6) is 0.759. The van der Waals surface area contributed by atoms with Crippen molar-refractivity contribution in [1.82, 2.24) is 9.78 Å². The van der Waals surface area contributed by atoms with Gasteiger partial charge in [0.2, 0.25) is 0 Å². The van der Waals surface area contributed by atoms with Crippen molar-refractivity contribution >= 4 is 10.9 Å². The number of aliphatic hydroxyl groups is 1. The van der Waals surface area contributed by atoms with Crippen LogP contribution in [0.15, 0.2) is 48.5 Å². The Hall–Kier alpha value is -2.33. The van der Waals surface area contributed by atoms with Crippen molar-refractivity contribution in [1.29, 1.82) is 0 Å². The molecule has 0 amide bonds. The molecule has 0 saturated heterocycles. The molecule has 108 valence electrons. The van der Waals surface area contributed by atoms with Crippen molar-refractivity contribution in [2.45, 2.75) is 13.0 Å². The summed E-state index contributed by atoms with van der Waals surface area (Å²) in [4.78, 5) is 0. The van der Waals surface area contributed by atoms with Crippen LogP contribution in [0, 0.1) is 0 Å². The first-order valence-electron chi connectivity index (χ1n) is 7.03. The van der Waals surface area contributed by atoms with Crippen molar-refractivity contribution in [3.63, 3.8) is 0 Å². The molecule has 1 unspecified atom stereocenters. The van der Waals surface area contributed by atoms with Gasteiger partial charge in [0.25, 0.3) is 0 Å². The quantitative estimate of drug-likeness (QED) is 0.800. The van der Waals surface area contributed by atoms with Gasteiger partial charge in [0.05, 0.1) is 12.1 Å². The Morgan fingerprint density at radius 3 is 2.81 bits per heavy atom. The van der Waals surface area contributed by atoms with E-state index in [9.17, 15) is 5.11 Å². The van der Waals surface area contributed by atoms with Crippen LogP contribution in [0.3, 0.4) is 0 Å². The number of benzene rings is 2. The van der Waals surface area contributed by atoms with Crippen LogP contribution in [0.2, 0.25) is 0 Å². The largest absolute Gasteiger partial charge is 0.494 e. The molecule has 3 rings (SSSR count). The van der Waals surface area contributed by atoms with Gasteiger partial charge in [-0.05, 0) is 30.7 Å². The predicted octanol–water partition coefficient (Wildman–Crippen LogP) is 3.05. The van der Waals surface area contributed by atoms with Gasteiger partial charge in [0, 0.05) is 12.4 Å². The second-order valence-electron chi connectivity index (χ2n) is 4.93. The Bertz CT molecular complexity index is 764. The number of hydrogen-bond donors (Lipinski definition) is 1. The van der Waals surface area contributed by atoms with Crippen molar-refractivity contribution < 1.29 is 9.84 Å². The highest BCUT2D eigenvalue weighted by atomic mass is 16.5. The molecular formula is C17H18N2O2. The maximum Gasteiger partial charge on any atom is 0.124 e. The van der Waals surface area contributed by atoms with Crippen LogP contribution in [0.5, 0.6) is 5.75 Å². The summed E-state index contributed by atoms with van der Waals surface area (Å²) in [5, 5.41) is 16.1. The Labute approximate surface area is 123 Å². The Morgan fingerprint density at radius 2 is 2.00 bits per heavy atom. The third-order valence-electron chi connectivity index (χ3n) is 3.53. The number of aromatic nitrogens is 2. The van der Waals surface area contributed by atoms with E-state index in [1.165, 1.54) is 0 Å². The summed E-state index contributed by atoms with van der Waals surface area (Å²) >= 11 is 0. The molecular weight excluding hydrogens is 264 g/mol. The molecule has 0 radical (unpaired) electrons. The standard InChI is InChI=1S/C17H18N2O2/c1-3-21-13-8-6-7-12(11-13)17(20)16-14-9-4-5-10-15(14)19(2)18-16/h4-11,17,20H,3H2,1-2H3. The molecule has 0 fully saturated rings. The Morgan fingerprint density at radius 1 is 1.19 bits per heavy atom. The van der Waals surface area contributed by atoms with Crippen LogP contribution in [0.1, 0.15) is 24.3 Å². The normalized spacial score (nSPS) is 12.5. The number of nitrogens with zero attached hydrogens (tertiary/aromatic N) is 2. The van der Waals surface area contributed by atoms with Crippen molar-refractivity contribution in [3.05, 3.63) is 59.8 Å². The second-order valence-corrected chi connectivity index (χ2v) is 4.93. The predicted molar refractivity (Wildman–Crippen MR) is 82.4 cm³/mol. The lowest BCUT2D eigenvalue weighted by Gasteiger charge is -2.11. The molecule has 3 aromatic rings. The van der Waals surface area contributed by atoms with Gasteiger partial charge in [-0.25, -0.2) is 0 Å². The molecule has 4 nitrogen and oxygen atoms in total. The Kier molecular flexibility index (Phi) is 3.62. The first-order valence-corrected chi connectivity index (χ1v) is 7.03. The second kappa shape index (κ2) is 5.58. The van der Waals surface area contributed by atoms with E-state index in [0.717, 1.165) is 22.2 Å². The average Bonchev–Trinajstić information content (AvgIpc) is 2.85. The lowest BCUT2D eigenvalue weighted by Crippen LogP contribution is -2.03. The number of aryl methyl sites for hydroxylation is 1. The lowest BCUT2D eigenvalue weighted by molar-refractivity contribution is 0.215. The minimum Gasteiger partial charge on any atom is -0.494 e. The van der Waals surface area contributed by atoms with Crippen LogP contribution >= 0.6 is 0 Å². The maximum atomic E-state index is 10.7. The van der Waals surface area contributed by atoms with E-state index >= 15 is 0 Å². The van der Waals surface area contributed by atoms with Crippen LogP contribution < -0.4 is 4.74 Å². The summed E-state index contributed by atoms with van der Waals surface area (Å²) in [6, 6.07) is 15.4. The average molecular weight is 282 g/mol. The van der Waals surface area contributed by atoms with Gasteiger partial charge in [0.15, 0.2) is 0 Å². The van der Waals surface area contributed by atoms with Gasteiger partial charge in [0.1, 0.15) is 17.5 Å². The minimum atomic E-state index is -0.767. The van der Waals surface area contributed by atoms with E-state index in [2.05, 4.69) is 5.10 Å². The highest BCUT2D eigenvalue weighted by Crippen LogP contribution is 2.29. The van der Waals surface area contributed by atoms with Crippen LogP contribution in [0.4, 0.5) is 0 Å². The molecule has 1 atom stereocenters. The molecule has 0 aliphatic carbocycles. The molecule has 2 aromatic carbocycles. The molecule has 1 N–H and O–H groups in total. The molecule has 0 saturated carbocycles. The fourth-order valence-corrected chi connectivity index (χ4v) is 2.54. The number of hydrogen-bond acceptors (Lipinski definition) is 3. The number of rotatable bonds is 4. The number of aliphatic hydroxyl groups excluding tert-OH is 1. The maximum absolute atomic E-state index is 10.7. The van der Waals surface area contributed by atoms with E-state index in [1.54, 1.807) is 4.68 Å². The smallest absolute Gasteiger partial charge is 0.124 e. The first-order chi connectivity index (χ1) is 10.2. The third-order valence-corrected chi connectivity index (χ3v) is 3.53. The zero-order valence-electron chi connectivity index (χ0n) is 12.2. The van der Waals surface area contributed by atoms with Crippen LogP contribution in [-0.4, -0.2) is 21.5 Å². The van der Waals surface area contributed by atoms with Gasteiger partial charge in [-0.15, -0.1) is 0 Å². The van der Waals surface area contributed by atoms with Crippen molar-refractivity contribution in [2.24, 2.45) is 7.05 Å². The zero-order chi connectivity index (χ0) is 14.8. The zero-order valence-corrected chi connectivity index (χ0v) is 12.2. The third kappa shape index (κ3) is 2.50. The molecule has 0 spiro atoms. The highest BCUT2D eigenvalue weighted by Gasteiger charge is 2.18. The van der Waals surface area contributed by atoms with Gasteiger partial charge in [-0.2, -0.15) is 5.10 Å². The molecule has 0 aliphatic rings. The van der Waals surface area contributed by atoms with Crippen LogP contribution in [-0.2, 0) is 7.05 Å². The Balaban J connectivity index is 2.04. The van der Waals surface area contributed by atoms with Gasteiger partial charge in [-0.1, -0.05) is 30.3 Å². The van der Waals surface area contributed by atoms with Crippen LogP contribution in [0.25, 0.3) is 10.9 Å². The minimum absolute atomic E-state index is 0.603. The van der Waals surface area contributed by atoms with E-state index in [4.69, 9.17) is 4.74 Å². The van der Waals surface area contributed by atoms with Crippen molar-refractivity contribution in [2.75, 3.05) is 6.61 Å². The van der Waals surface area contributed by atoms with E-state index < -0.39 is 6.10 Å². The summed E-state index contributed by atoms with van der Waals surface area (Å²) in [7, 11) is 1.88. The highest BCUT2D eigenvalue weighted by molar-refractivity contribution is 5.82. The van der Waals surface area contributed by atoms with Gasteiger partial charge in [-0.3, -0.25) is 4.68 Å². The summed E-state index contributed by atoms with van der Waals surface area (Å²) in [5.41, 5.74) is 2.46. The molecule has 0 bridgehead atoms.